The number of carbonyl (C=O) groups is 1. The molecule has 1 saturated heterocycles. The van der Waals surface area contributed by atoms with E-state index < -0.39 is 0 Å². The molecule has 0 spiro atoms. The van der Waals surface area contributed by atoms with Crippen molar-refractivity contribution in [3.63, 3.8) is 0 Å². The fourth-order valence-electron chi connectivity index (χ4n) is 3.11. The van der Waals surface area contributed by atoms with Gasteiger partial charge in [0.15, 0.2) is 0 Å². The Balaban J connectivity index is 1.64. The Hall–Kier alpha value is -2.41. The number of nitrogens with zero attached hydrogens (tertiary/aromatic N) is 5. The molecular weight excluding hydrogens is 330 g/mol. The van der Waals surface area contributed by atoms with E-state index in [4.69, 9.17) is 4.74 Å². The van der Waals surface area contributed by atoms with Gasteiger partial charge >= 0.3 is 0 Å². The Kier molecular flexibility index (Phi) is 5.56. The summed E-state index contributed by atoms with van der Waals surface area (Å²) in [6, 6.07) is 6.03. The lowest BCUT2D eigenvalue weighted by Crippen LogP contribution is -2.42. The first kappa shape index (κ1) is 18.4. The van der Waals surface area contributed by atoms with Crippen molar-refractivity contribution in [2.75, 3.05) is 38.7 Å². The van der Waals surface area contributed by atoms with Gasteiger partial charge in [0.25, 0.3) is 0 Å². The van der Waals surface area contributed by atoms with Crippen LogP contribution in [-0.2, 0) is 16.1 Å². The molecule has 0 saturated carbocycles. The third-order valence-electron chi connectivity index (χ3n) is 4.55. The first-order valence-corrected chi connectivity index (χ1v) is 8.98. The molecule has 26 heavy (non-hydrogen) atoms. The number of carbonyl (C=O) groups excluding carboxylic acids is 1. The normalized spacial score (nSPS) is 17.4. The van der Waals surface area contributed by atoms with E-state index in [-0.39, 0.29) is 12.0 Å². The maximum Gasteiger partial charge on any atom is 0.224 e. The SMILES string of the molecule is Cc1cc(N(C)C)cc([C@H]2CN(C(=O)CCn3ccc(C)n3)CCO2)n1. The molecule has 1 amide bonds. The average Bonchev–Trinajstić information content (AvgIpc) is 3.04. The molecule has 1 aliphatic heterocycles. The quantitative estimate of drug-likeness (QED) is 0.818. The zero-order valence-corrected chi connectivity index (χ0v) is 16.0. The minimum atomic E-state index is -0.182. The smallest absolute Gasteiger partial charge is 0.224 e. The van der Waals surface area contributed by atoms with Crippen LogP contribution in [0.25, 0.3) is 0 Å². The Morgan fingerprint density at radius 3 is 2.81 bits per heavy atom. The van der Waals surface area contributed by atoms with Gasteiger partial charge in [0.05, 0.1) is 24.5 Å². The predicted octanol–water partition coefficient (Wildman–Crippen LogP) is 1.95. The molecule has 0 radical (unpaired) electrons. The second-order valence-corrected chi connectivity index (χ2v) is 6.96. The first-order valence-electron chi connectivity index (χ1n) is 8.98. The minimum Gasteiger partial charge on any atom is -0.378 e. The monoisotopic (exact) mass is 357 g/mol. The standard InChI is InChI=1S/C19H27N5O2/c1-14-5-7-24(21-14)8-6-19(25)23-9-10-26-18(13-23)17-12-16(22(3)4)11-15(2)20-17/h5,7,11-12,18H,6,8-10,13H2,1-4H3/t18-/m1/s1. The second-order valence-electron chi connectivity index (χ2n) is 6.96. The Morgan fingerprint density at radius 2 is 2.12 bits per heavy atom. The molecule has 1 atom stereocenters. The van der Waals surface area contributed by atoms with E-state index >= 15 is 0 Å². The number of anilines is 1. The van der Waals surface area contributed by atoms with Crippen LogP contribution in [0.4, 0.5) is 5.69 Å². The van der Waals surface area contributed by atoms with Crippen molar-refractivity contribution in [2.45, 2.75) is 32.9 Å². The number of amides is 1. The molecule has 0 aliphatic carbocycles. The average molecular weight is 357 g/mol. The molecule has 0 aromatic carbocycles. The van der Waals surface area contributed by atoms with Gasteiger partial charge in [-0.05, 0) is 32.0 Å². The van der Waals surface area contributed by atoms with Gasteiger partial charge < -0.3 is 14.5 Å². The van der Waals surface area contributed by atoms with Crippen molar-refractivity contribution in [3.05, 3.63) is 41.5 Å². The van der Waals surface area contributed by atoms with E-state index in [2.05, 4.69) is 15.0 Å². The largest absolute Gasteiger partial charge is 0.378 e. The van der Waals surface area contributed by atoms with Crippen molar-refractivity contribution >= 4 is 11.6 Å². The zero-order chi connectivity index (χ0) is 18.7. The second kappa shape index (κ2) is 7.86. The molecule has 2 aromatic heterocycles. The van der Waals surface area contributed by atoms with Crippen LogP contribution >= 0.6 is 0 Å². The molecule has 0 unspecified atom stereocenters. The van der Waals surface area contributed by atoms with Crippen molar-refractivity contribution in [1.29, 1.82) is 0 Å². The highest BCUT2D eigenvalue weighted by molar-refractivity contribution is 5.76. The van der Waals surface area contributed by atoms with E-state index in [0.29, 0.717) is 32.7 Å². The van der Waals surface area contributed by atoms with Gasteiger partial charge in [0, 0.05) is 51.2 Å². The van der Waals surface area contributed by atoms with E-state index in [1.165, 1.54) is 0 Å². The van der Waals surface area contributed by atoms with Crippen LogP contribution in [-0.4, -0.2) is 59.4 Å². The number of ether oxygens (including phenoxy) is 1. The topological polar surface area (TPSA) is 63.5 Å². The maximum absolute atomic E-state index is 12.6. The fourth-order valence-corrected chi connectivity index (χ4v) is 3.11. The highest BCUT2D eigenvalue weighted by Gasteiger charge is 2.26. The van der Waals surface area contributed by atoms with Gasteiger partial charge in [-0.3, -0.25) is 14.5 Å². The lowest BCUT2D eigenvalue weighted by molar-refractivity contribution is -0.139. The first-order chi connectivity index (χ1) is 12.4. The van der Waals surface area contributed by atoms with Gasteiger partial charge in [-0.15, -0.1) is 0 Å². The molecule has 0 bridgehead atoms. The lowest BCUT2D eigenvalue weighted by Gasteiger charge is -2.33. The summed E-state index contributed by atoms with van der Waals surface area (Å²) < 4.78 is 7.72. The summed E-state index contributed by atoms with van der Waals surface area (Å²) in [5, 5.41) is 4.33. The van der Waals surface area contributed by atoms with Crippen LogP contribution in [0.15, 0.2) is 24.4 Å². The predicted molar refractivity (Wildman–Crippen MR) is 100 cm³/mol. The highest BCUT2D eigenvalue weighted by atomic mass is 16.5. The van der Waals surface area contributed by atoms with Gasteiger partial charge in [0.1, 0.15) is 6.10 Å². The number of pyridine rings is 1. The van der Waals surface area contributed by atoms with E-state index in [9.17, 15) is 4.79 Å². The van der Waals surface area contributed by atoms with Crippen molar-refractivity contribution < 1.29 is 9.53 Å². The van der Waals surface area contributed by atoms with Crippen LogP contribution in [0.5, 0.6) is 0 Å². The van der Waals surface area contributed by atoms with Gasteiger partial charge in [-0.1, -0.05) is 0 Å². The maximum atomic E-state index is 12.6. The van der Waals surface area contributed by atoms with Gasteiger partial charge in [-0.25, -0.2) is 0 Å². The summed E-state index contributed by atoms with van der Waals surface area (Å²) >= 11 is 0. The van der Waals surface area contributed by atoms with Crippen LogP contribution in [0.1, 0.15) is 29.6 Å². The van der Waals surface area contributed by atoms with Crippen LogP contribution in [0.2, 0.25) is 0 Å². The van der Waals surface area contributed by atoms with Crippen LogP contribution < -0.4 is 4.90 Å². The summed E-state index contributed by atoms with van der Waals surface area (Å²) in [5.74, 6) is 0.131. The number of morpholine rings is 1. The molecule has 3 heterocycles. The number of aryl methyl sites for hydroxylation is 3. The summed E-state index contributed by atoms with van der Waals surface area (Å²) in [4.78, 5) is 21.2. The van der Waals surface area contributed by atoms with Crippen molar-refractivity contribution in [3.8, 4) is 0 Å². The number of hydrogen-bond donors (Lipinski definition) is 0. The van der Waals surface area contributed by atoms with E-state index in [0.717, 1.165) is 22.8 Å². The highest BCUT2D eigenvalue weighted by Crippen LogP contribution is 2.25. The molecule has 7 nitrogen and oxygen atoms in total. The summed E-state index contributed by atoms with van der Waals surface area (Å²) in [5.41, 5.74) is 3.89. The number of aromatic nitrogens is 3. The Morgan fingerprint density at radius 1 is 1.31 bits per heavy atom. The Bertz CT molecular complexity index is 771. The third-order valence-corrected chi connectivity index (χ3v) is 4.55. The summed E-state index contributed by atoms with van der Waals surface area (Å²) in [6.07, 6.45) is 2.17. The molecular formula is C19H27N5O2. The van der Waals surface area contributed by atoms with Crippen molar-refractivity contribution in [2.24, 2.45) is 0 Å². The molecule has 1 aliphatic rings. The van der Waals surface area contributed by atoms with Crippen LogP contribution in [0.3, 0.4) is 0 Å². The van der Waals surface area contributed by atoms with Crippen molar-refractivity contribution in [1.82, 2.24) is 19.7 Å². The number of hydrogen-bond acceptors (Lipinski definition) is 5. The van der Waals surface area contributed by atoms with Crippen LogP contribution in [0, 0.1) is 13.8 Å². The summed E-state index contributed by atoms with van der Waals surface area (Å²) in [7, 11) is 4.01. The summed E-state index contributed by atoms with van der Waals surface area (Å²) in [6.45, 7) is 6.22. The lowest BCUT2D eigenvalue weighted by atomic mass is 10.1. The zero-order valence-electron chi connectivity index (χ0n) is 16.0. The molecule has 0 N–H and O–H groups in total. The Labute approximate surface area is 154 Å². The molecule has 7 heteroatoms. The van der Waals surface area contributed by atoms with E-state index in [1.807, 2.05) is 61.9 Å². The molecule has 3 rings (SSSR count). The van der Waals surface area contributed by atoms with Gasteiger partial charge in [0.2, 0.25) is 5.91 Å². The molecule has 140 valence electrons. The van der Waals surface area contributed by atoms with E-state index in [1.54, 1.807) is 0 Å². The fraction of sp³-hybridized carbons (Fsp3) is 0.526. The molecule has 2 aromatic rings. The minimum absolute atomic E-state index is 0.131. The number of rotatable bonds is 5. The third kappa shape index (κ3) is 4.40. The van der Waals surface area contributed by atoms with Gasteiger partial charge in [-0.2, -0.15) is 5.10 Å². The molecule has 1 fully saturated rings.